The van der Waals surface area contributed by atoms with E-state index in [2.05, 4.69) is 20.8 Å². The molecule has 0 heterocycles. The van der Waals surface area contributed by atoms with Crippen LogP contribution in [0, 0.1) is 11.3 Å². The van der Waals surface area contributed by atoms with Crippen LogP contribution in [-0.4, -0.2) is 17.5 Å². The molecule has 0 aromatic rings. The second-order valence-corrected chi connectivity index (χ2v) is 8.27. The zero-order chi connectivity index (χ0) is 15.6. The predicted octanol–water partition coefficient (Wildman–Crippen LogP) is 4.63. The largest absolute Gasteiger partial charge is 0.234 e. The van der Waals surface area contributed by atoms with Crippen LogP contribution in [0.5, 0.6) is 0 Å². The standard InChI is InChI=1S/C16H32O4/c1-12(2)17-19-16(20-18-14(4,5)6)10-13(3)9-15(7,8)11-16/h12-13H,9-11H2,1-8H3. The fraction of sp³-hybridized carbons (Fsp3) is 1.00. The monoisotopic (exact) mass is 288 g/mol. The Labute approximate surface area is 124 Å². The van der Waals surface area contributed by atoms with E-state index in [1.807, 2.05) is 34.6 Å². The maximum atomic E-state index is 5.74. The Balaban J connectivity index is 2.82. The van der Waals surface area contributed by atoms with E-state index in [-0.39, 0.29) is 17.1 Å². The normalized spacial score (nSPS) is 30.8. The second kappa shape index (κ2) is 6.30. The van der Waals surface area contributed by atoms with Crippen LogP contribution in [-0.2, 0) is 19.6 Å². The first-order valence-electron chi connectivity index (χ1n) is 7.64. The van der Waals surface area contributed by atoms with Gasteiger partial charge in [-0.1, -0.05) is 20.8 Å². The topological polar surface area (TPSA) is 36.9 Å². The van der Waals surface area contributed by atoms with Crippen LogP contribution in [0.4, 0.5) is 0 Å². The summed E-state index contributed by atoms with van der Waals surface area (Å²) in [5.74, 6) is -0.322. The van der Waals surface area contributed by atoms with E-state index in [1.165, 1.54) is 0 Å². The molecule has 1 aliphatic rings. The van der Waals surface area contributed by atoms with E-state index < -0.39 is 5.79 Å². The highest BCUT2D eigenvalue weighted by Gasteiger charge is 2.48. The molecule has 1 aliphatic carbocycles. The molecule has 4 heteroatoms. The van der Waals surface area contributed by atoms with E-state index in [4.69, 9.17) is 19.6 Å². The van der Waals surface area contributed by atoms with Crippen LogP contribution in [0.25, 0.3) is 0 Å². The van der Waals surface area contributed by atoms with Gasteiger partial charge in [-0.3, -0.25) is 0 Å². The summed E-state index contributed by atoms with van der Waals surface area (Å²) < 4.78 is 0. The SMILES string of the molecule is CC1CC(C)(C)CC(OOC(C)C)(OOC(C)(C)C)C1. The maximum Gasteiger partial charge on any atom is 0.234 e. The molecule has 0 aliphatic heterocycles. The zero-order valence-corrected chi connectivity index (χ0v) is 14.4. The van der Waals surface area contributed by atoms with E-state index in [0.717, 1.165) is 19.3 Å². The summed E-state index contributed by atoms with van der Waals surface area (Å²) in [5, 5.41) is 0. The smallest absolute Gasteiger partial charge is 0.231 e. The van der Waals surface area contributed by atoms with Crippen molar-refractivity contribution in [2.45, 2.75) is 92.1 Å². The molecule has 2 atom stereocenters. The summed E-state index contributed by atoms with van der Waals surface area (Å²) in [6.07, 6.45) is 2.68. The summed E-state index contributed by atoms with van der Waals surface area (Å²) in [4.78, 5) is 22.4. The highest BCUT2D eigenvalue weighted by Crippen LogP contribution is 2.46. The molecular formula is C16H32O4. The van der Waals surface area contributed by atoms with Crippen molar-refractivity contribution in [2.24, 2.45) is 11.3 Å². The molecule has 0 N–H and O–H groups in total. The molecule has 0 amide bonds. The lowest BCUT2D eigenvalue weighted by Crippen LogP contribution is -2.48. The van der Waals surface area contributed by atoms with Gasteiger partial charge in [-0.05, 0) is 52.4 Å². The van der Waals surface area contributed by atoms with Crippen LogP contribution >= 0.6 is 0 Å². The summed E-state index contributed by atoms with van der Waals surface area (Å²) >= 11 is 0. The van der Waals surface area contributed by atoms with Gasteiger partial charge in [0, 0.05) is 12.8 Å². The van der Waals surface area contributed by atoms with Crippen molar-refractivity contribution in [3.8, 4) is 0 Å². The lowest BCUT2D eigenvalue weighted by atomic mass is 9.70. The molecule has 0 spiro atoms. The van der Waals surface area contributed by atoms with E-state index >= 15 is 0 Å². The summed E-state index contributed by atoms with van der Waals surface area (Å²) in [6, 6.07) is 0. The van der Waals surface area contributed by atoms with Crippen LogP contribution in [0.3, 0.4) is 0 Å². The first kappa shape index (κ1) is 17.9. The third-order valence-corrected chi connectivity index (χ3v) is 3.14. The van der Waals surface area contributed by atoms with Gasteiger partial charge in [-0.2, -0.15) is 9.78 Å². The lowest BCUT2D eigenvalue weighted by Gasteiger charge is -2.45. The Morgan fingerprint density at radius 2 is 1.65 bits per heavy atom. The van der Waals surface area contributed by atoms with Crippen molar-refractivity contribution in [3.05, 3.63) is 0 Å². The van der Waals surface area contributed by atoms with Gasteiger partial charge in [0.25, 0.3) is 0 Å². The number of rotatable bonds is 5. The van der Waals surface area contributed by atoms with Gasteiger partial charge in [0.05, 0.1) is 11.7 Å². The molecular weight excluding hydrogens is 256 g/mol. The molecule has 0 aromatic heterocycles. The summed E-state index contributed by atoms with van der Waals surface area (Å²) in [6.45, 7) is 16.4. The Morgan fingerprint density at radius 1 is 1.05 bits per heavy atom. The Kier molecular flexibility index (Phi) is 5.64. The molecule has 2 unspecified atom stereocenters. The molecule has 1 rings (SSSR count). The van der Waals surface area contributed by atoms with Crippen molar-refractivity contribution in [3.63, 3.8) is 0 Å². The van der Waals surface area contributed by atoms with Crippen molar-refractivity contribution in [1.29, 1.82) is 0 Å². The third kappa shape index (κ3) is 6.08. The molecule has 4 nitrogen and oxygen atoms in total. The maximum absolute atomic E-state index is 5.74. The van der Waals surface area contributed by atoms with Crippen LogP contribution in [0.2, 0.25) is 0 Å². The van der Waals surface area contributed by atoms with Crippen molar-refractivity contribution >= 4 is 0 Å². The first-order chi connectivity index (χ1) is 8.93. The average molecular weight is 288 g/mol. The van der Waals surface area contributed by atoms with E-state index in [9.17, 15) is 0 Å². The molecule has 1 fully saturated rings. The Bertz CT molecular complexity index is 306. The van der Waals surface area contributed by atoms with Gasteiger partial charge in [0.1, 0.15) is 0 Å². The Hall–Kier alpha value is -0.160. The van der Waals surface area contributed by atoms with Gasteiger partial charge in [0.15, 0.2) is 0 Å². The highest BCUT2D eigenvalue weighted by atomic mass is 17.3. The number of hydrogen-bond donors (Lipinski definition) is 0. The number of hydrogen-bond acceptors (Lipinski definition) is 4. The molecule has 1 saturated carbocycles. The van der Waals surface area contributed by atoms with E-state index in [0.29, 0.717) is 5.92 Å². The molecule has 20 heavy (non-hydrogen) atoms. The zero-order valence-electron chi connectivity index (χ0n) is 14.4. The van der Waals surface area contributed by atoms with Crippen molar-refractivity contribution in [2.75, 3.05) is 0 Å². The third-order valence-electron chi connectivity index (χ3n) is 3.14. The fourth-order valence-corrected chi connectivity index (χ4v) is 2.95. The second-order valence-electron chi connectivity index (χ2n) is 8.27. The highest BCUT2D eigenvalue weighted by molar-refractivity contribution is 4.88. The minimum atomic E-state index is -0.821. The molecule has 120 valence electrons. The summed E-state index contributed by atoms with van der Waals surface area (Å²) in [5.41, 5.74) is -0.238. The molecule has 0 saturated heterocycles. The predicted molar refractivity (Wildman–Crippen MR) is 78.8 cm³/mol. The van der Waals surface area contributed by atoms with Gasteiger partial charge in [-0.25, -0.2) is 9.78 Å². The molecule has 0 radical (unpaired) electrons. The van der Waals surface area contributed by atoms with Crippen molar-refractivity contribution in [1.82, 2.24) is 0 Å². The first-order valence-corrected chi connectivity index (χ1v) is 7.64. The summed E-state index contributed by atoms with van der Waals surface area (Å²) in [7, 11) is 0. The van der Waals surface area contributed by atoms with Crippen LogP contribution in [0.15, 0.2) is 0 Å². The average Bonchev–Trinajstić information content (AvgIpc) is 2.20. The van der Waals surface area contributed by atoms with E-state index in [1.54, 1.807) is 0 Å². The van der Waals surface area contributed by atoms with Gasteiger partial charge in [-0.15, -0.1) is 0 Å². The lowest BCUT2D eigenvalue weighted by molar-refractivity contribution is -0.543. The minimum Gasteiger partial charge on any atom is -0.231 e. The van der Waals surface area contributed by atoms with Gasteiger partial charge >= 0.3 is 0 Å². The van der Waals surface area contributed by atoms with Crippen LogP contribution < -0.4 is 0 Å². The van der Waals surface area contributed by atoms with Gasteiger partial charge < -0.3 is 0 Å². The fourth-order valence-electron chi connectivity index (χ4n) is 2.95. The molecule has 0 bridgehead atoms. The minimum absolute atomic E-state index is 0.00884. The molecule has 0 aromatic carbocycles. The quantitative estimate of drug-likeness (QED) is 0.420. The van der Waals surface area contributed by atoms with Gasteiger partial charge in [0.2, 0.25) is 5.79 Å². The Morgan fingerprint density at radius 3 is 2.10 bits per heavy atom. The van der Waals surface area contributed by atoms with Crippen LogP contribution in [0.1, 0.15) is 74.7 Å². The van der Waals surface area contributed by atoms with Crippen molar-refractivity contribution < 1.29 is 19.6 Å².